The first-order chi connectivity index (χ1) is 17.5. The molecule has 0 saturated carbocycles. The molecule has 2 heterocycles. The third-order valence-corrected chi connectivity index (χ3v) is 6.94. The van der Waals surface area contributed by atoms with Gasteiger partial charge in [-0.05, 0) is 53.6 Å². The maximum absolute atomic E-state index is 12.7. The SMILES string of the molecule is COc1ccc(Cn2nc(N3CCN(c4ccccc4Cl)CC3)ccc2=O)cc1-c1cccc(Cl)c1. The summed E-state index contributed by atoms with van der Waals surface area (Å²) in [5.74, 6) is 1.53. The first-order valence-corrected chi connectivity index (χ1v) is 12.5. The first-order valence-electron chi connectivity index (χ1n) is 11.8. The van der Waals surface area contributed by atoms with Crippen molar-refractivity contribution < 1.29 is 4.74 Å². The van der Waals surface area contributed by atoms with Gasteiger partial charge in [0.1, 0.15) is 11.6 Å². The summed E-state index contributed by atoms with van der Waals surface area (Å²) in [6.45, 7) is 3.58. The predicted molar refractivity (Wildman–Crippen MR) is 147 cm³/mol. The Kier molecular flexibility index (Phi) is 7.16. The minimum absolute atomic E-state index is 0.145. The van der Waals surface area contributed by atoms with Crippen molar-refractivity contribution in [3.63, 3.8) is 0 Å². The molecule has 8 heteroatoms. The molecule has 184 valence electrons. The van der Waals surface area contributed by atoms with Crippen LogP contribution in [0.2, 0.25) is 10.0 Å². The zero-order chi connectivity index (χ0) is 25.1. The number of methoxy groups -OCH3 is 1. The van der Waals surface area contributed by atoms with Crippen LogP contribution in [0.15, 0.2) is 83.7 Å². The van der Waals surface area contributed by atoms with Crippen molar-refractivity contribution in [3.05, 3.63) is 105 Å². The molecule has 6 nitrogen and oxygen atoms in total. The van der Waals surface area contributed by atoms with Crippen LogP contribution >= 0.6 is 23.2 Å². The van der Waals surface area contributed by atoms with Gasteiger partial charge >= 0.3 is 0 Å². The Hall–Kier alpha value is -3.48. The lowest BCUT2D eigenvalue weighted by Gasteiger charge is -2.37. The molecule has 1 aliphatic heterocycles. The molecule has 3 aromatic carbocycles. The van der Waals surface area contributed by atoms with Crippen LogP contribution in [0.25, 0.3) is 11.1 Å². The van der Waals surface area contributed by atoms with Crippen molar-refractivity contribution in [2.45, 2.75) is 6.54 Å². The van der Waals surface area contributed by atoms with Crippen molar-refractivity contribution in [1.29, 1.82) is 0 Å². The molecule has 0 bridgehead atoms. The van der Waals surface area contributed by atoms with Crippen LogP contribution in [0.5, 0.6) is 5.75 Å². The summed E-state index contributed by atoms with van der Waals surface area (Å²) in [6.07, 6.45) is 0. The molecule has 0 unspecified atom stereocenters. The van der Waals surface area contributed by atoms with E-state index in [-0.39, 0.29) is 5.56 Å². The molecule has 36 heavy (non-hydrogen) atoms. The van der Waals surface area contributed by atoms with Gasteiger partial charge in [-0.2, -0.15) is 5.10 Å². The maximum Gasteiger partial charge on any atom is 0.267 e. The zero-order valence-electron chi connectivity index (χ0n) is 19.9. The average Bonchev–Trinajstić information content (AvgIpc) is 2.90. The highest BCUT2D eigenvalue weighted by atomic mass is 35.5. The third-order valence-electron chi connectivity index (χ3n) is 6.38. The number of ether oxygens (including phenoxy) is 1. The highest BCUT2D eigenvalue weighted by Gasteiger charge is 2.20. The van der Waals surface area contributed by atoms with E-state index in [1.807, 2.05) is 66.7 Å². The Bertz CT molecular complexity index is 1430. The molecule has 5 rings (SSSR count). The Labute approximate surface area is 220 Å². The summed E-state index contributed by atoms with van der Waals surface area (Å²) in [6, 6.07) is 24.8. The number of rotatable bonds is 6. The number of benzene rings is 3. The number of hydrogen-bond acceptors (Lipinski definition) is 5. The normalized spacial score (nSPS) is 13.6. The second-order valence-corrected chi connectivity index (χ2v) is 9.50. The van der Waals surface area contributed by atoms with Crippen LogP contribution in [-0.4, -0.2) is 43.1 Å². The number of halogens is 2. The Morgan fingerprint density at radius 2 is 1.64 bits per heavy atom. The molecule has 0 atom stereocenters. The largest absolute Gasteiger partial charge is 0.496 e. The number of piperazine rings is 1. The van der Waals surface area contributed by atoms with Crippen molar-refractivity contribution in [2.75, 3.05) is 43.1 Å². The summed E-state index contributed by atoms with van der Waals surface area (Å²) < 4.78 is 7.08. The van der Waals surface area contributed by atoms with Crippen LogP contribution in [0, 0.1) is 0 Å². The molecule has 0 radical (unpaired) electrons. The lowest BCUT2D eigenvalue weighted by molar-refractivity contribution is 0.416. The average molecular weight is 521 g/mol. The molecule has 0 aliphatic carbocycles. The first kappa shape index (κ1) is 24.2. The number of anilines is 2. The Balaban J connectivity index is 1.35. The van der Waals surface area contributed by atoms with Crippen LogP contribution in [0.1, 0.15) is 5.56 Å². The fourth-order valence-corrected chi connectivity index (χ4v) is 4.96. The van der Waals surface area contributed by atoms with Crippen LogP contribution in [-0.2, 0) is 6.54 Å². The molecule has 1 aromatic heterocycles. The topological polar surface area (TPSA) is 50.6 Å². The van der Waals surface area contributed by atoms with E-state index < -0.39 is 0 Å². The van der Waals surface area contributed by atoms with Crippen LogP contribution < -0.4 is 20.1 Å². The van der Waals surface area contributed by atoms with Crippen molar-refractivity contribution in [3.8, 4) is 16.9 Å². The minimum atomic E-state index is -0.145. The van der Waals surface area contributed by atoms with Crippen molar-refractivity contribution >= 4 is 34.7 Å². The monoisotopic (exact) mass is 520 g/mol. The van der Waals surface area contributed by atoms with Crippen molar-refractivity contribution in [1.82, 2.24) is 9.78 Å². The lowest BCUT2D eigenvalue weighted by Crippen LogP contribution is -2.47. The van der Waals surface area contributed by atoms with Gasteiger partial charge in [-0.3, -0.25) is 4.79 Å². The molecular weight excluding hydrogens is 495 g/mol. The highest BCUT2D eigenvalue weighted by Crippen LogP contribution is 2.32. The van der Waals surface area contributed by atoms with Crippen LogP contribution in [0.3, 0.4) is 0 Å². The number of hydrogen-bond donors (Lipinski definition) is 0. The standard InChI is InChI=1S/C28H26Cl2N4O2/c1-36-26-10-9-20(17-23(26)21-5-4-6-22(29)18-21)19-34-28(35)12-11-27(31-34)33-15-13-32(14-16-33)25-8-3-2-7-24(25)30/h2-12,17-18H,13-16,19H2,1H3. The predicted octanol–water partition coefficient (Wildman–Crippen LogP) is 5.60. The minimum Gasteiger partial charge on any atom is -0.496 e. The lowest BCUT2D eigenvalue weighted by atomic mass is 10.0. The van der Waals surface area contributed by atoms with Gasteiger partial charge in [0.05, 0.1) is 24.4 Å². The summed E-state index contributed by atoms with van der Waals surface area (Å²) in [5, 5.41) is 6.11. The van der Waals surface area contributed by atoms with Gasteiger partial charge in [0, 0.05) is 42.8 Å². The summed E-state index contributed by atoms with van der Waals surface area (Å²) in [5.41, 5.74) is 3.71. The van der Waals surface area contributed by atoms with Crippen molar-refractivity contribution in [2.24, 2.45) is 0 Å². The van der Waals surface area contributed by atoms with E-state index >= 15 is 0 Å². The second-order valence-electron chi connectivity index (χ2n) is 8.66. The van der Waals surface area contributed by atoms with Crippen LogP contribution in [0.4, 0.5) is 11.5 Å². The molecule has 4 aromatic rings. The molecule has 1 fully saturated rings. The van der Waals surface area contributed by atoms with Gasteiger partial charge in [-0.1, -0.05) is 53.5 Å². The molecular formula is C28H26Cl2N4O2. The summed E-state index contributed by atoms with van der Waals surface area (Å²) in [4.78, 5) is 17.2. The number of aromatic nitrogens is 2. The fraction of sp³-hybridized carbons (Fsp3) is 0.214. The molecule has 1 aliphatic rings. The zero-order valence-corrected chi connectivity index (χ0v) is 21.4. The second kappa shape index (κ2) is 10.6. The maximum atomic E-state index is 12.7. The van der Waals surface area contributed by atoms with E-state index in [2.05, 4.69) is 9.80 Å². The molecule has 0 N–H and O–H groups in total. The third kappa shape index (κ3) is 5.20. The van der Waals surface area contributed by atoms with E-state index in [0.29, 0.717) is 11.6 Å². The van der Waals surface area contributed by atoms with E-state index in [1.165, 1.54) is 4.68 Å². The van der Waals surface area contributed by atoms with E-state index in [9.17, 15) is 4.79 Å². The molecule has 0 spiro atoms. The molecule has 1 saturated heterocycles. The van der Waals surface area contributed by atoms with E-state index in [1.54, 1.807) is 19.2 Å². The van der Waals surface area contributed by atoms with Gasteiger partial charge in [0.2, 0.25) is 0 Å². The number of para-hydroxylation sites is 1. The van der Waals surface area contributed by atoms with Gasteiger partial charge in [0.25, 0.3) is 5.56 Å². The van der Waals surface area contributed by atoms with Gasteiger partial charge in [0.15, 0.2) is 0 Å². The smallest absolute Gasteiger partial charge is 0.267 e. The highest BCUT2D eigenvalue weighted by molar-refractivity contribution is 6.33. The Morgan fingerprint density at radius 1 is 0.861 bits per heavy atom. The summed E-state index contributed by atoms with van der Waals surface area (Å²) >= 11 is 12.6. The van der Waals surface area contributed by atoms with Gasteiger partial charge in [-0.25, -0.2) is 4.68 Å². The summed E-state index contributed by atoms with van der Waals surface area (Å²) in [7, 11) is 1.64. The Morgan fingerprint density at radius 3 is 2.39 bits per heavy atom. The van der Waals surface area contributed by atoms with Gasteiger partial charge in [-0.15, -0.1) is 0 Å². The fourth-order valence-electron chi connectivity index (χ4n) is 4.51. The quantitative estimate of drug-likeness (QED) is 0.331. The van der Waals surface area contributed by atoms with Gasteiger partial charge < -0.3 is 14.5 Å². The molecule has 0 amide bonds. The number of nitrogens with zero attached hydrogens (tertiary/aromatic N) is 4. The van der Waals surface area contributed by atoms with E-state index in [4.69, 9.17) is 33.0 Å². The van der Waals surface area contributed by atoms with E-state index in [0.717, 1.165) is 65.1 Å².